The number of carbonyl (C=O) groups is 2. The fourth-order valence-corrected chi connectivity index (χ4v) is 1.26. The highest BCUT2D eigenvalue weighted by Crippen LogP contribution is 2.07. The minimum atomic E-state index is -0.713. The van der Waals surface area contributed by atoms with E-state index in [-0.39, 0.29) is 6.54 Å². The number of methoxy groups -OCH3 is 1. The van der Waals surface area contributed by atoms with Crippen molar-refractivity contribution in [2.45, 2.75) is 0 Å². The number of nitrogens with one attached hydrogen (secondary N) is 1. The van der Waals surface area contributed by atoms with Gasteiger partial charge in [0.05, 0.1) is 7.11 Å². The third kappa shape index (κ3) is 2.54. The van der Waals surface area contributed by atoms with E-state index in [2.05, 4.69) is 20.4 Å². The number of rotatable bonds is 3. The van der Waals surface area contributed by atoms with Gasteiger partial charge < -0.3 is 14.9 Å². The molecule has 0 fully saturated rings. The van der Waals surface area contributed by atoms with Crippen LogP contribution in [0.2, 0.25) is 0 Å². The highest BCUT2D eigenvalue weighted by Gasteiger charge is 2.10. The first-order valence-electron chi connectivity index (χ1n) is 5.04. The zero-order chi connectivity index (χ0) is 13.0. The molecule has 8 heteroatoms. The maximum Gasteiger partial charge on any atom is 0.407 e. The van der Waals surface area contributed by atoms with Gasteiger partial charge in [-0.3, -0.25) is 0 Å². The molecular weight excluding hydrogens is 240 g/mol. The molecule has 1 aromatic heterocycles. The molecule has 1 aromatic carbocycles. The van der Waals surface area contributed by atoms with Crippen LogP contribution in [0.1, 0.15) is 0 Å². The number of aromatic nitrogens is 3. The van der Waals surface area contributed by atoms with E-state index in [0.29, 0.717) is 11.0 Å². The fraction of sp³-hybridized carbons (Fsp3) is 0.200. The normalized spacial score (nSPS) is 10.1. The smallest absolute Gasteiger partial charge is 0.407 e. The summed E-state index contributed by atoms with van der Waals surface area (Å²) in [4.78, 5) is 28.0. The summed E-state index contributed by atoms with van der Waals surface area (Å²) in [6, 6.07) is 7.00. The Morgan fingerprint density at radius 1 is 1.39 bits per heavy atom. The average Bonchev–Trinajstić information content (AvgIpc) is 2.79. The molecule has 2 rings (SSSR count). The molecule has 1 amide bonds. The van der Waals surface area contributed by atoms with Gasteiger partial charge in [-0.1, -0.05) is 17.0 Å². The summed E-state index contributed by atoms with van der Waals surface area (Å²) >= 11 is 0. The van der Waals surface area contributed by atoms with E-state index in [0.717, 1.165) is 4.85 Å². The number of alkyl carbamates (subject to hydrolysis) is 1. The van der Waals surface area contributed by atoms with Gasteiger partial charge in [0, 0.05) is 0 Å². The first-order chi connectivity index (χ1) is 8.70. The van der Waals surface area contributed by atoms with Crippen LogP contribution in [0.3, 0.4) is 0 Å². The number of carbonyl (C=O) groups excluding carboxylic acids is 2. The van der Waals surface area contributed by atoms with E-state index < -0.39 is 12.1 Å². The number of nitrogens with zero attached hydrogens (tertiary/aromatic N) is 3. The van der Waals surface area contributed by atoms with Crippen LogP contribution in [0, 0.1) is 0 Å². The molecule has 18 heavy (non-hydrogen) atoms. The Hall–Kier alpha value is -2.64. The van der Waals surface area contributed by atoms with E-state index in [1.165, 1.54) is 7.11 Å². The first-order valence-corrected chi connectivity index (χ1v) is 5.04. The number of amides is 1. The number of hydrogen-bond acceptors (Lipinski definition) is 6. The van der Waals surface area contributed by atoms with Crippen LogP contribution in [0.4, 0.5) is 4.79 Å². The molecule has 0 saturated carbocycles. The average molecular weight is 250 g/mol. The molecule has 0 radical (unpaired) electrons. The summed E-state index contributed by atoms with van der Waals surface area (Å²) in [5.41, 5.74) is 1.16. The van der Waals surface area contributed by atoms with Crippen LogP contribution in [0.15, 0.2) is 24.3 Å². The Morgan fingerprint density at radius 2 is 2.17 bits per heavy atom. The van der Waals surface area contributed by atoms with Crippen LogP contribution >= 0.6 is 0 Å². The maximum absolute atomic E-state index is 11.4. The third-order valence-electron chi connectivity index (χ3n) is 2.07. The van der Waals surface area contributed by atoms with E-state index in [1.807, 2.05) is 0 Å². The summed E-state index contributed by atoms with van der Waals surface area (Å²) in [6.45, 7) is -0.319. The topological polar surface area (TPSA) is 95.3 Å². The lowest BCUT2D eigenvalue weighted by atomic mass is 10.3. The van der Waals surface area contributed by atoms with Crippen LogP contribution in [-0.2, 0) is 9.53 Å². The van der Waals surface area contributed by atoms with Crippen molar-refractivity contribution in [3.63, 3.8) is 0 Å². The Kier molecular flexibility index (Phi) is 3.37. The van der Waals surface area contributed by atoms with Crippen LogP contribution in [0.25, 0.3) is 11.0 Å². The Balaban J connectivity index is 2.01. The van der Waals surface area contributed by atoms with Gasteiger partial charge in [0.2, 0.25) is 0 Å². The lowest BCUT2D eigenvalue weighted by Gasteiger charge is -2.04. The minimum absolute atomic E-state index is 0.319. The standard InChI is InChI=1S/C10H10N4O4/c1-17-10(16)11-6-9(15)18-14-8-5-3-2-4-7(8)12-13-14/h2-5H,6H2,1H3,(H,11,16). The molecular formula is C10H10N4O4. The predicted molar refractivity (Wildman–Crippen MR) is 59.5 cm³/mol. The van der Waals surface area contributed by atoms with Crippen molar-refractivity contribution >= 4 is 23.1 Å². The molecule has 0 bridgehead atoms. The van der Waals surface area contributed by atoms with E-state index in [9.17, 15) is 9.59 Å². The molecule has 2 aromatic rings. The number of ether oxygens (including phenoxy) is 1. The zero-order valence-electron chi connectivity index (χ0n) is 9.49. The van der Waals surface area contributed by atoms with Gasteiger partial charge in [0.25, 0.3) is 0 Å². The third-order valence-corrected chi connectivity index (χ3v) is 2.07. The number of fused-ring (bicyclic) bond motifs is 1. The molecule has 94 valence electrons. The second-order valence-corrected chi connectivity index (χ2v) is 3.26. The molecule has 1 heterocycles. The fourth-order valence-electron chi connectivity index (χ4n) is 1.26. The van der Waals surface area contributed by atoms with E-state index >= 15 is 0 Å². The van der Waals surface area contributed by atoms with E-state index in [4.69, 9.17) is 4.84 Å². The van der Waals surface area contributed by atoms with Gasteiger partial charge in [-0.25, -0.2) is 9.59 Å². The van der Waals surface area contributed by atoms with Crippen LogP contribution in [-0.4, -0.2) is 40.9 Å². The van der Waals surface area contributed by atoms with Crippen LogP contribution < -0.4 is 10.2 Å². The zero-order valence-corrected chi connectivity index (χ0v) is 9.49. The second-order valence-electron chi connectivity index (χ2n) is 3.26. The van der Waals surface area contributed by atoms with E-state index in [1.54, 1.807) is 24.3 Å². The summed E-state index contributed by atoms with van der Waals surface area (Å²) in [5.74, 6) is -0.684. The Bertz CT molecular complexity index is 580. The van der Waals surface area contributed by atoms with Crippen LogP contribution in [0.5, 0.6) is 0 Å². The Labute approximate surface area is 101 Å². The van der Waals surface area contributed by atoms with Crippen molar-refractivity contribution in [1.29, 1.82) is 0 Å². The Morgan fingerprint density at radius 3 is 2.94 bits per heavy atom. The molecule has 0 spiro atoms. The van der Waals surface area contributed by atoms with Gasteiger partial charge in [0.1, 0.15) is 17.6 Å². The predicted octanol–water partition coefficient (Wildman–Crippen LogP) is -0.258. The molecule has 8 nitrogen and oxygen atoms in total. The maximum atomic E-state index is 11.4. The van der Waals surface area contributed by atoms with Gasteiger partial charge in [-0.15, -0.1) is 5.10 Å². The first kappa shape index (κ1) is 11.8. The molecule has 0 aliphatic heterocycles. The quantitative estimate of drug-likeness (QED) is 0.754. The lowest BCUT2D eigenvalue weighted by Crippen LogP contribution is -2.34. The minimum Gasteiger partial charge on any atom is -0.453 e. The van der Waals surface area contributed by atoms with Gasteiger partial charge in [-0.05, 0) is 17.3 Å². The summed E-state index contributed by atoms with van der Waals surface area (Å²) in [6.07, 6.45) is -0.713. The number of para-hydroxylation sites is 1. The molecule has 0 saturated heterocycles. The SMILES string of the molecule is COC(=O)NCC(=O)On1nnc2ccccc21. The monoisotopic (exact) mass is 250 g/mol. The summed E-state index contributed by atoms with van der Waals surface area (Å²) in [7, 11) is 1.20. The summed E-state index contributed by atoms with van der Waals surface area (Å²) in [5, 5.41) is 9.66. The highest BCUT2D eigenvalue weighted by atomic mass is 16.7. The van der Waals surface area contributed by atoms with Crippen molar-refractivity contribution in [2.75, 3.05) is 13.7 Å². The van der Waals surface area contributed by atoms with Crippen molar-refractivity contribution in [2.24, 2.45) is 0 Å². The molecule has 0 atom stereocenters. The van der Waals surface area contributed by atoms with Crippen molar-refractivity contribution in [3.05, 3.63) is 24.3 Å². The number of benzene rings is 1. The second kappa shape index (κ2) is 5.13. The van der Waals surface area contributed by atoms with Gasteiger partial charge in [0.15, 0.2) is 0 Å². The van der Waals surface area contributed by atoms with Crippen molar-refractivity contribution < 1.29 is 19.2 Å². The van der Waals surface area contributed by atoms with Crippen molar-refractivity contribution in [3.8, 4) is 0 Å². The van der Waals surface area contributed by atoms with Gasteiger partial charge >= 0.3 is 12.1 Å². The summed E-state index contributed by atoms with van der Waals surface area (Å²) < 4.78 is 4.31. The van der Waals surface area contributed by atoms with Crippen molar-refractivity contribution in [1.82, 2.24) is 20.5 Å². The molecule has 0 aliphatic rings. The number of hydrogen-bond donors (Lipinski definition) is 1. The largest absolute Gasteiger partial charge is 0.453 e. The highest BCUT2D eigenvalue weighted by molar-refractivity contribution is 5.79. The van der Waals surface area contributed by atoms with Gasteiger partial charge in [-0.2, -0.15) is 0 Å². The molecule has 0 aliphatic carbocycles. The lowest BCUT2D eigenvalue weighted by molar-refractivity contribution is -0.144. The molecule has 0 unspecified atom stereocenters. The molecule has 1 N–H and O–H groups in total.